The highest BCUT2D eigenvalue weighted by molar-refractivity contribution is 5.84. The molecule has 8 nitrogen and oxygen atoms in total. The van der Waals surface area contributed by atoms with Crippen molar-refractivity contribution in [3.63, 3.8) is 0 Å². The fraction of sp³-hybridized carbons (Fsp3) is 0.211. The van der Waals surface area contributed by atoms with Crippen LogP contribution in [0.1, 0.15) is 5.56 Å². The molecule has 2 aromatic carbocycles. The summed E-state index contributed by atoms with van der Waals surface area (Å²) in [6.45, 7) is -0.199. The molecule has 0 fully saturated rings. The first-order chi connectivity index (χ1) is 13.0. The normalized spacial score (nSPS) is 10.6. The highest BCUT2D eigenvalue weighted by atomic mass is 16.5. The molecule has 1 heterocycles. The van der Waals surface area contributed by atoms with E-state index in [-0.39, 0.29) is 18.7 Å². The lowest BCUT2D eigenvalue weighted by Crippen LogP contribution is -2.44. The summed E-state index contributed by atoms with van der Waals surface area (Å²) in [5.41, 5.74) is 6.49. The van der Waals surface area contributed by atoms with Gasteiger partial charge in [-0.05, 0) is 18.2 Å². The molecule has 0 saturated carbocycles. The fourth-order valence-corrected chi connectivity index (χ4v) is 2.90. The van der Waals surface area contributed by atoms with Crippen LogP contribution in [0.2, 0.25) is 0 Å². The highest BCUT2D eigenvalue weighted by Gasteiger charge is 2.14. The Bertz CT molecular complexity index is 1050. The Labute approximate surface area is 155 Å². The lowest BCUT2D eigenvalue weighted by molar-refractivity contribution is -0.128. The van der Waals surface area contributed by atoms with E-state index in [0.717, 1.165) is 5.52 Å². The minimum absolute atomic E-state index is 0.0541. The lowest BCUT2D eigenvalue weighted by atomic mass is 10.1. The van der Waals surface area contributed by atoms with Crippen LogP contribution >= 0.6 is 0 Å². The van der Waals surface area contributed by atoms with Crippen LogP contribution in [0.3, 0.4) is 0 Å². The summed E-state index contributed by atoms with van der Waals surface area (Å²) < 4.78 is 8.03. The van der Waals surface area contributed by atoms with Crippen LogP contribution in [0.15, 0.2) is 53.3 Å². The molecule has 2 amide bonds. The molecule has 3 rings (SSSR count). The van der Waals surface area contributed by atoms with Crippen molar-refractivity contribution in [2.75, 3.05) is 7.11 Å². The van der Waals surface area contributed by atoms with Gasteiger partial charge in [0.25, 0.3) is 5.91 Å². The minimum Gasteiger partial charge on any atom is -0.496 e. The van der Waals surface area contributed by atoms with E-state index in [2.05, 4.69) is 10.9 Å². The summed E-state index contributed by atoms with van der Waals surface area (Å²) >= 11 is 0. The van der Waals surface area contributed by atoms with Gasteiger partial charge < -0.3 is 4.74 Å². The number of aromatic nitrogens is 2. The molecule has 2 N–H and O–H groups in total. The van der Waals surface area contributed by atoms with E-state index in [9.17, 15) is 14.4 Å². The molecule has 140 valence electrons. The molecule has 3 aromatic rings. The number of nitrogens with one attached hydrogen (secondary N) is 2. The van der Waals surface area contributed by atoms with Gasteiger partial charge in [-0.3, -0.25) is 29.6 Å². The molecule has 0 aliphatic rings. The smallest absolute Gasteiger partial charge is 0.329 e. The number of aryl methyl sites for hydroxylation is 1. The van der Waals surface area contributed by atoms with Gasteiger partial charge in [0.15, 0.2) is 0 Å². The quantitative estimate of drug-likeness (QED) is 0.650. The summed E-state index contributed by atoms with van der Waals surface area (Å²) in [5.74, 6) is -0.291. The summed E-state index contributed by atoms with van der Waals surface area (Å²) in [5, 5.41) is 0. The summed E-state index contributed by atoms with van der Waals surface area (Å²) in [7, 11) is 3.18. The van der Waals surface area contributed by atoms with Crippen molar-refractivity contribution in [3.8, 4) is 5.75 Å². The van der Waals surface area contributed by atoms with E-state index >= 15 is 0 Å². The van der Waals surface area contributed by atoms with Gasteiger partial charge in [-0.15, -0.1) is 0 Å². The molecule has 0 atom stereocenters. The zero-order chi connectivity index (χ0) is 19.4. The summed E-state index contributed by atoms with van der Waals surface area (Å²) in [6, 6.07) is 14.3. The van der Waals surface area contributed by atoms with Crippen molar-refractivity contribution in [2.45, 2.75) is 13.0 Å². The Morgan fingerprint density at radius 2 is 1.59 bits per heavy atom. The molecule has 0 radical (unpaired) electrons. The predicted octanol–water partition coefficient (Wildman–Crippen LogP) is 0.739. The fourth-order valence-electron chi connectivity index (χ4n) is 2.90. The second-order valence-corrected chi connectivity index (χ2v) is 6.00. The van der Waals surface area contributed by atoms with E-state index in [1.165, 1.54) is 16.2 Å². The second kappa shape index (κ2) is 7.77. The molecule has 0 spiro atoms. The standard InChI is InChI=1S/C19H20N4O4/c1-22-14-8-4-5-9-15(14)23(19(22)26)12-18(25)21-20-17(24)11-13-7-3-6-10-16(13)27-2/h3-10H,11-12H2,1-2H3,(H,20,24)(H,21,25). The number of benzene rings is 2. The first-order valence-corrected chi connectivity index (χ1v) is 8.35. The SMILES string of the molecule is COc1ccccc1CC(=O)NNC(=O)Cn1c(=O)n(C)c2ccccc21. The van der Waals surface area contributed by atoms with Crippen molar-refractivity contribution < 1.29 is 14.3 Å². The maximum atomic E-state index is 12.3. The zero-order valence-corrected chi connectivity index (χ0v) is 15.1. The van der Waals surface area contributed by atoms with Crippen LogP contribution in [0.4, 0.5) is 0 Å². The van der Waals surface area contributed by atoms with Crippen molar-refractivity contribution in [3.05, 3.63) is 64.6 Å². The third kappa shape index (κ3) is 3.84. The average molecular weight is 368 g/mol. The van der Waals surface area contributed by atoms with Crippen LogP contribution < -0.4 is 21.3 Å². The van der Waals surface area contributed by atoms with Crippen LogP contribution in [-0.4, -0.2) is 28.1 Å². The number of fused-ring (bicyclic) bond motifs is 1. The molecule has 0 unspecified atom stereocenters. The van der Waals surface area contributed by atoms with Crippen LogP contribution in [0, 0.1) is 0 Å². The van der Waals surface area contributed by atoms with Crippen molar-refractivity contribution >= 4 is 22.8 Å². The maximum Gasteiger partial charge on any atom is 0.329 e. The summed E-state index contributed by atoms with van der Waals surface area (Å²) in [6.07, 6.45) is 0.0541. The molecule has 0 aliphatic heterocycles. The van der Waals surface area contributed by atoms with Crippen molar-refractivity contribution in [1.29, 1.82) is 0 Å². The van der Waals surface area contributed by atoms with Gasteiger partial charge in [-0.25, -0.2) is 4.79 Å². The number of hydrazine groups is 1. The lowest BCUT2D eigenvalue weighted by Gasteiger charge is -2.10. The Morgan fingerprint density at radius 3 is 2.33 bits per heavy atom. The Hall–Kier alpha value is -3.55. The average Bonchev–Trinajstić information content (AvgIpc) is 2.92. The number of methoxy groups -OCH3 is 1. The Balaban J connectivity index is 1.63. The van der Waals surface area contributed by atoms with Crippen molar-refractivity contribution in [1.82, 2.24) is 20.0 Å². The molecule has 0 aliphatic carbocycles. The molecule has 0 bridgehead atoms. The first-order valence-electron chi connectivity index (χ1n) is 8.35. The van der Waals surface area contributed by atoms with Gasteiger partial charge in [-0.1, -0.05) is 30.3 Å². The maximum absolute atomic E-state index is 12.3. The Kier molecular flexibility index (Phi) is 5.25. The third-order valence-corrected chi connectivity index (χ3v) is 4.24. The summed E-state index contributed by atoms with van der Waals surface area (Å²) in [4.78, 5) is 36.6. The monoisotopic (exact) mass is 368 g/mol. The number of rotatable bonds is 5. The highest BCUT2D eigenvalue weighted by Crippen LogP contribution is 2.17. The molecular formula is C19H20N4O4. The number of nitrogens with zero attached hydrogens (tertiary/aromatic N) is 2. The zero-order valence-electron chi connectivity index (χ0n) is 15.1. The number of ether oxygens (including phenoxy) is 1. The molecule has 0 saturated heterocycles. The van der Waals surface area contributed by atoms with Gasteiger partial charge in [0.05, 0.1) is 24.6 Å². The van der Waals surface area contributed by atoms with Gasteiger partial charge in [0, 0.05) is 12.6 Å². The predicted molar refractivity (Wildman–Crippen MR) is 100 cm³/mol. The number of hydrogen-bond donors (Lipinski definition) is 2. The number of carbonyl (C=O) groups excluding carboxylic acids is 2. The number of imidazole rings is 1. The topological polar surface area (TPSA) is 94.4 Å². The third-order valence-electron chi connectivity index (χ3n) is 4.24. The molecular weight excluding hydrogens is 348 g/mol. The van der Waals surface area contributed by atoms with E-state index in [0.29, 0.717) is 16.8 Å². The van der Waals surface area contributed by atoms with E-state index in [4.69, 9.17) is 4.74 Å². The first kappa shape index (κ1) is 18.2. The Morgan fingerprint density at radius 1 is 0.963 bits per heavy atom. The van der Waals surface area contributed by atoms with Crippen LogP contribution in [0.25, 0.3) is 11.0 Å². The van der Waals surface area contributed by atoms with E-state index < -0.39 is 11.8 Å². The van der Waals surface area contributed by atoms with E-state index in [1.54, 1.807) is 43.4 Å². The molecule has 8 heteroatoms. The number of carbonyl (C=O) groups is 2. The second-order valence-electron chi connectivity index (χ2n) is 6.00. The van der Waals surface area contributed by atoms with Crippen LogP contribution in [-0.2, 0) is 29.6 Å². The van der Waals surface area contributed by atoms with Crippen molar-refractivity contribution in [2.24, 2.45) is 7.05 Å². The molecule has 1 aromatic heterocycles. The molecule has 27 heavy (non-hydrogen) atoms. The number of hydrogen-bond acceptors (Lipinski definition) is 4. The van der Waals surface area contributed by atoms with Crippen LogP contribution in [0.5, 0.6) is 5.75 Å². The van der Waals surface area contributed by atoms with Gasteiger partial charge in [0.1, 0.15) is 12.3 Å². The largest absolute Gasteiger partial charge is 0.496 e. The number of para-hydroxylation sites is 3. The van der Waals surface area contributed by atoms with Gasteiger partial charge in [-0.2, -0.15) is 0 Å². The minimum atomic E-state index is -0.498. The number of amides is 2. The van der Waals surface area contributed by atoms with E-state index in [1.807, 2.05) is 12.1 Å². The van der Waals surface area contributed by atoms with Gasteiger partial charge in [0.2, 0.25) is 5.91 Å². The van der Waals surface area contributed by atoms with Gasteiger partial charge >= 0.3 is 5.69 Å².